The summed E-state index contributed by atoms with van der Waals surface area (Å²) in [6.45, 7) is 3.95. The average Bonchev–Trinajstić information content (AvgIpc) is 3.37. The highest BCUT2D eigenvalue weighted by atomic mass is 16.5. The molecule has 176 valence electrons. The minimum Gasteiger partial charge on any atom is -0.492 e. The first kappa shape index (κ1) is 22.0. The van der Waals surface area contributed by atoms with Gasteiger partial charge in [0.1, 0.15) is 12.4 Å². The Morgan fingerprint density at radius 1 is 1.06 bits per heavy atom. The summed E-state index contributed by atoms with van der Waals surface area (Å²) in [6, 6.07) is 14.9. The Balaban J connectivity index is 1.18. The van der Waals surface area contributed by atoms with Crippen LogP contribution < -0.4 is 15.8 Å². The van der Waals surface area contributed by atoms with Gasteiger partial charge in [-0.15, -0.1) is 5.10 Å². The molecule has 1 fully saturated rings. The second kappa shape index (κ2) is 9.96. The Kier molecular flexibility index (Phi) is 6.44. The first-order chi connectivity index (χ1) is 16.7. The smallest absolute Gasteiger partial charge is 0.281 e. The number of ether oxygens (including phenoxy) is 1. The van der Waals surface area contributed by atoms with Crippen LogP contribution in [-0.4, -0.2) is 56.8 Å². The van der Waals surface area contributed by atoms with E-state index in [1.54, 1.807) is 12.1 Å². The third-order valence-electron chi connectivity index (χ3n) is 6.11. The first-order valence-corrected chi connectivity index (χ1v) is 11.7. The van der Waals surface area contributed by atoms with Gasteiger partial charge in [-0.1, -0.05) is 18.9 Å². The van der Waals surface area contributed by atoms with Crippen LogP contribution in [0.2, 0.25) is 0 Å². The summed E-state index contributed by atoms with van der Waals surface area (Å²) in [5, 5.41) is 8.37. The van der Waals surface area contributed by atoms with Crippen molar-refractivity contribution in [3.05, 3.63) is 60.3 Å². The maximum atomic E-state index is 12.9. The average molecular weight is 460 g/mol. The second-order valence-corrected chi connectivity index (χ2v) is 8.54. The number of aromatic nitrogens is 4. The number of H-pyrrole nitrogens is 1. The van der Waals surface area contributed by atoms with E-state index in [0.717, 1.165) is 46.7 Å². The number of anilines is 3. The molecule has 2 aromatic carbocycles. The van der Waals surface area contributed by atoms with Crippen molar-refractivity contribution >= 4 is 34.4 Å². The Morgan fingerprint density at radius 2 is 1.85 bits per heavy atom. The monoisotopic (exact) mass is 459 g/mol. The van der Waals surface area contributed by atoms with Crippen molar-refractivity contribution in [3.8, 4) is 5.75 Å². The van der Waals surface area contributed by atoms with E-state index in [-0.39, 0.29) is 17.8 Å². The number of aromatic amines is 1. The van der Waals surface area contributed by atoms with E-state index in [2.05, 4.69) is 25.3 Å². The number of likely N-dealkylation sites (tertiary alicyclic amines) is 1. The molecule has 0 spiro atoms. The fraction of sp³-hybridized carbons (Fsp3) is 0.320. The third kappa shape index (κ3) is 5.04. The maximum Gasteiger partial charge on any atom is 0.281 e. The van der Waals surface area contributed by atoms with E-state index in [0.29, 0.717) is 12.2 Å². The molecule has 4 aromatic rings. The van der Waals surface area contributed by atoms with Gasteiger partial charge in [0.2, 0.25) is 11.9 Å². The van der Waals surface area contributed by atoms with Gasteiger partial charge in [-0.05, 0) is 73.8 Å². The quantitative estimate of drug-likeness (QED) is 0.382. The van der Waals surface area contributed by atoms with Crippen molar-refractivity contribution in [1.29, 1.82) is 0 Å². The lowest BCUT2D eigenvalue weighted by Gasteiger charge is -2.19. The standard InChI is InChI=1S/C25H29N7O2/c26-24-29-25(30-32(24)23(33)19-6-5-18-11-12-27-22(18)17-19)28-20-7-9-21(10-8-20)34-16-15-31-13-3-1-2-4-14-31/h5-12,17,27H,1-4,13-16H2,(H3,26,28,29,30). The van der Waals surface area contributed by atoms with Crippen LogP contribution in [0.5, 0.6) is 5.75 Å². The number of benzene rings is 2. The van der Waals surface area contributed by atoms with Gasteiger partial charge in [-0.3, -0.25) is 9.69 Å². The van der Waals surface area contributed by atoms with Crippen LogP contribution in [0.4, 0.5) is 17.6 Å². The number of nitrogens with zero attached hydrogens (tertiary/aromatic N) is 4. The Hall–Kier alpha value is -3.85. The van der Waals surface area contributed by atoms with Crippen molar-refractivity contribution in [1.82, 2.24) is 24.6 Å². The SMILES string of the molecule is Nc1nc(Nc2ccc(OCCN3CCCCCC3)cc2)nn1C(=O)c1ccc2cc[nH]c2c1. The molecule has 0 atom stereocenters. The van der Waals surface area contributed by atoms with Gasteiger partial charge in [0.25, 0.3) is 5.91 Å². The lowest BCUT2D eigenvalue weighted by atomic mass is 10.1. The summed E-state index contributed by atoms with van der Waals surface area (Å²) in [7, 11) is 0. The van der Waals surface area contributed by atoms with Gasteiger partial charge in [0, 0.05) is 29.5 Å². The maximum absolute atomic E-state index is 12.9. The van der Waals surface area contributed by atoms with Crippen molar-refractivity contribution < 1.29 is 9.53 Å². The number of rotatable bonds is 7. The molecule has 1 saturated heterocycles. The summed E-state index contributed by atoms with van der Waals surface area (Å²) in [4.78, 5) is 22.7. The van der Waals surface area contributed by atoms with Crippen LogP contribution in [0.25, 0.3) is 10.9 Å². The van der Waals surface area contributed by atoms with Crippen molar-refractivity contribution in [2.24, 2.45) is 0 Å². The number of nitrogens with one attached hydrogen (secondary N) is 2. The molecule has 1 aliphatic rings. The third-order valence-corrected chi connectivity index (χ3v) is 6.11. The zero-order valence-electron chi connectivity index (χ0n) is 19.0. The normalized spacial score (nSPS) is 14.7. The van der Waals surface area contributed by atoms with E-state index in [1.165, 1.54) is 25.7 Å². The summed E-state index contributed by atoms with van der Waals surface area (Å²) < 4.78 is 7.02. The first-order valence-electron chi connectivity index (χ1n) is 11.7. The zero-order valence-corrected chi connectivity index (χ0v) is 19.0. The molecular formula is C25H29N7O2. The van der Waals surface area contributed by atoms with E-state index >= 15 is 0 Å². The van der Waals surface area contributed by atoms with Crippen LogP contribution in [0.3, 0.4) is 0 Å². The minimum atomic E-state index is -0.345. The molecule has 0 unspecified atom stereocenters. The number of carbonyl (C=O) groups excluding carboxylic acids is 1. The van der Waals surface area contributed by atoms with E-state index < -0.39 is 0 Å². The molecule has 34 heavy (non-hydrogen) atoms. The molecule has 2 aromatic heterocycles. The number of hydrogen-bond donors (Lipinski definition) is 3. The second-order valence-electron chi connectivity index (χ2n) is 8.54. The number of hydrogen-bond acceptors (Lipinski definition) is 7. The van der Waals surface area contributed by atoms with Gasteiger partial charge >= 0.3 is 0 Å². The van der Waals surface area contributed by atoms with Crippen molar-refractivity contribution in [2.75, 3.05) is 37.3 Å². The van der Waals surface area contributed by atoms with Crippen LogP contribution in [0.1, 0.15) is 36.0 Å². The molecule has 9 nitrogen and oxygen atoms in total. The van der Waals surface area contributed by atoms with Crippen LogP contribution in [-0.2, 0) is 0 Å². The molecule has 0 aliphatic carbocycles. The van der Waals surface area contributed by atoms with Crippen molar-refractivity contribution in [3.63, 3.8) is 0 Å². The lowest BCUT2D eigenvalue weighted by molar-refractivity contribution is 0.0948. The highest BCUT2D eigenvalue weighted by Crippen LogP contribution is 2.20. The Labute approximate surface area is 197 Å². The summed E-state index contributed by atoms with van der Waals surface area (Å²) in [5.41, 5.74) is 8.09. The molecule has 0 amide bonds. The van der Waals surface area contributed by atoms with Crippen LogP contribution in [0.15, 0.2) is 54.7 Å². The summed E-state index contributed by atoms with van der Waals surface area (Å²) >= 11 is 0. The van der Waals surface area contributed by atoms with Crippen molar-refractivity contribution in [2.45, 2.75) is 25.7 Å². The molecule has 9 heteroatoms. The molecule has 0 radical (unpaired) electrons. The number of fused-ring (bicyclic) bond motifs is 1. The fourth-order valence-corrected chi connectivity index (χ4v) is 4.25. The zero-order chi connectivity index (χ0) is 23.3. The molecular weight excluding hydrogens is 430 g/mol. The fourth-order valence-electron chi connectivity index (χ4n) is 4.25. The predicted octanol–water partition coefficient (Wildman–Crippen LogP) is 4.03. The Morgan fingerprint density at radius 3 is 2.65 bits per heavy atom. The van der Waals surface area contributed by atoms with Gasteiger partial charge in [0.05, 0.1) is 0 Å². The summed E-state index contributed by atoms with van der Waals surface area (Å²) in [6.07, 6.45) is 7.06. The highest BCUT2D eigenvalue weighted by molar-refractivity contribution is 6.00. The molecule has 0 saturated carbocycles. The van der Waals surface area contributed by atoms with Gasteiger partial charge < -0.3 is 20.8 Å². The number of nitrogens with two attached hydrogens (primary N) is 1. The van der Waals surface area contributed by atoms with Crippen LogP contribution in [0, 0.1) is 0 Å². The number of carbonyl (C=O) groups is 1. The molecule has 0 bridgehead atoms. The minimum absolute atomic E-state index is 0.0209. The molecule has 4 N–H and O–H groups in total. The van der Waals surface area contributed by atoms with Gasteiger partial charge in [0.15, 0.2) is 0 Å². The topological polar surface area (TPSA) is 114 Å². The Bertz CT molecular complexity index is 1250. The molecule has 5 rings (SSSR count). The van der Waals surface area contributed by atoms with Gasteiger partial charge in [-0.2, -0.15) is 9.67 Å². The van der Waals surface area contributed by atoms with Crippen LogP contribution >= 0.6 is 0 Å². The largest absolute Gasteiger partial charge is 0.492 e. The highest BCUT2D eigenvalue weighted by Gasteiger charge is 2.17. The van der Waals surface area contributed by atoms with E-state index in [9.17, 15) is 4.79 Å². The lowest BCUT2D eigenvalue weighted by Crippen LogP contribution is -2.29. The van der Waals surface area contributed by atoms with E-state index in [1.807, 2.05) is 42.6 Å². The van der Waals surface area contributed by atoms with E-state index in [4.69, 9.17) is 10.5 Å². The molecule has 1 aliphatic heterocycles. The number of nitrogen functional groups attached to an aromatic ring is 1. The van der Waals surface area contributed by atoms with Gasteiger partial charge in [-0.25, -0.2) is 0 Å². The summed E-state index contributed by atoms with van der Waals surface area (Å²) in [5.74, 6) is 0.741. The molecule has 3 heterocycles. The predicted molar refractivity (Wildman–Crippen MR) is 133 cm³/mol.